The molecular weight excluding hydrogens is 456 g/mol. The third-order valence-corrected chi connectivity index (χ3v) is 3.30. The predicted molar refractivity (Wildman–Crippen MR) is 101 cm³/mol. The lowest BCUT2D eigenvalue weighted by atomic mass is 10.3. The van der Waals surface area contributed by atoms with Gasteiger partial charge in [-0.3, -0.25) is 14.4 Å². The Bertz CT molecular complexity index is 621. The van der Waals surface area contributed by atoms with Crippen LogP contribution >= 0.6 is 0 Å². The van der Waals surface area contributed by atoms with Crippen LogP contribution in [0, 0.1) is 0 Å². The number of rotatable bonds is 17. The van der Waals surface area contributed by atoms with Crippen LogP contribution in [0.1, 0.15) is 38.5 Å². The van der Waals surface area contributed by atoms with Gasteiger partial charge in [0.1, 0.15) is 13.2 Å². The quantitative estimate of drug-likeness (QED) is 0.151. The van der Waals surface area contributed by atoms with Crippen LogP contribution < -0.4 is 0 Å². The molecule has 0 amide bonds. The summed E-state index contributed by atoms with van der Waals surface area (Å²) in [7, 11) is 0. The first-order valence-corrected chi connectivity index (χ1v) is 9.68. The maximum atomic E-state index is 11.7. The Morgan fingerprint density at radius 2 is 0.848 bits per heavy atom. The van der Waals surface area contributed by atoms with Crippen molar-refractivity contribution in [2.24, 2.45) is 0 Å². The number of hydrogen-bond acceptors (Lipinski definition) is 12. The van der Waals surface area contributed by atoms with E-state index >= 15 is 0 Å². The summed E-state index contributed by atoms with van der Waals surface area (Å²) in [6.45, 7) is -2.00. The molecule has 15 heteroatoms. The predicted octanol–water partition coefficient (Wildman–Crippen LogP) is 1.41. The number of ether oxygens (including phenoxy) is 6. The Morgan fingerprint density at radius 1 is 0.515 bits per heavy atom. The van der Waals surface area contributed by atoms with Crippen molar-refractivity contribution in [3.63, 3.8) is 0 Å². The molecule has 33 heavy (non-hydrogen) atoms. The van der Waals surface area contributed by atoms with Crippen LogP contribution in [-0.4, -0.2) is 90.8 Å². The number of hydrogen-bond donors (Lipinski definition) is 3. The highest BCUT2D eigenvalue weighted by atomic mass is 16.8. The molecule has 188 valence electrons. The molecule has 0 aliphatic heterocycles. The summed E-state index contributed by atoms with van der Waals surface area (Å²) >= 11 is 0. The standard InChI is InChI=1S/C18H26O15/c19-13(20)4-1-7-28-16(25)31-10-12(33-18(27)30-9-3-6-15(23)24)11-32-17(26)29-8-2-5-14(21)22/h12H,1-11H2,(H,19,20)(H,21,22)(H,23,24). The molecule has 0 aromatic heterocycles. The molecule has 0 aromatic rings. The van der Waals surface area contributed by atoms with Crippen LogP contribution in [0.3, 0.4) is 0 Å². The average molecular weight is 482 g/mol. The maximum Gasteiger partial charge on any atom is 0.508 e. The van der Waals surface area contributed by atoms with Crippen molar-refractivity contribution in [2.45, 2.75) is 44.6 Å². The molecule has 3 N–H and O–H groups in total. The lowest BCUT2D eigenvalue weighted by molar-refractivity contribution is -0.138. The molecule has 0 heterocycles. The minimum Gasteiger partial charge on any atom is -0.481 e. The largest absolute Gasteiger partial charge is 0.508 e. The van der Waals surface area contributed by atoms with Crippen LogP contribution in [0.15, 0.2) is 0 Å². The van der Waals surface area contributed by atoms with Crippen LogP contribution in [0.4, 0.5) is 14.4 Å². The van der Waals surface area contributed by atoms with Crippen LogP contribution in [0.2, 0.25) is 0 Å². The van der Waals surface area contributed by atoms with E-state index in [1.807, 2.05) is 0 Å². The molecule has 0 rings (SSSR count). The Hall–Kier alpha value is -3.78. The van der Waals surface area contributed by atoms with Crippen molar-refractivity contribution in [1.82, 2.24) is 0 Å². The second-order valence-electron chi connectivity index (χ2n) is 6.15. The monoisotopic (exact) mass is 482 g/mol. The highest BCUT2D eigenvalue weighted by molar-refractivity contribution is 5.67. The van der Waals surface area contributed by atoms with Crippen LogP contribution in [0.25, 0.3) is 0 Å². The van der Waals surface area contributed by atoms with Crippen molar-refractivity contribution in [2.75, 3.05) is 33.0 Å². The van der Waals surface area contributed by atoms with Gasteiger partial charge in [0, 0.05) is 19.3 Å². The smallest absolute Gasteiger partial charge is 0.481 e. The van der Waals surface area contributed by atoms with E-state index in [0.717, 1.165) is 0 Å². The average Bonchev–Trinajstić information content (AvgIpc) is 2.73. The minimum absolute atomic E-state index is 0.0213. The molecule has 0 bridgehead atoms. The fourth-order valence-electron chi connectivity index (χ4n) is 1.83. The van der Waals surface area contributed by atoms with E-state index in [1.54, 1.807) is 0 Å². The fourth-order valence-corrected chi connectivity index (χ4v) is 1.83. The summed E-state index contributed by atoms with van der Waals surface area (Å²) in [6, 6.07) is 0. The molecule has 15 nitrogen and oxygen atoms in total. The SMILES string of the molecule is O=C(O)CCCOC(=O)OCC(COC(=O)OCCCC(=O)O)OC(=O)OCCCC(=O)O. The Labute approximate surface area is 187 Å². The van der Waals surface area contributed by atoms with E-state index in [4.69, 9.17) is 29.5 Å². The van der Waals surface area contributed by atoms with Crippen molar-refractivity contribution in [3.8, 4) is 0 Å². The van der Waals surface area contributed by atoms with Gasteiger partial charge in [0.05, 0.1) is 19.8 Å². The van der Waals surface area contributed by atoms with E-state index in [0.29, 0.717) is 0 Å². The van der Waals surface area contributed by atoms with Crippen molar-refractivity contribution < 1.29 is 72.5 Å². The third-order valence-electron chi connectivity index (χ3n) is 3.30. The molecule has 0 radical (unpaired) electrons. The first kappa shape index (κ1) is 29.2. The summed E-state index contributed by atoms with van der Waals surface area (Å²) < 4.78 is 28.2. The summed E-state index contributed by atoms with van der Waals surface area (Å²) in [5.41, 5.74) is 0. The first-order chi connectivity index (χ1) is 15.6. The molecule has 0 aromatic carbocycles. The van der Waals surface area contributed by atoms with Crippen molar-refractivity contribution in [1.29, 1.82) is 0 Å². The molecule has 0 spiro atoms. The van der Waals surface area contributed by atoms with Gasteiger partial charge in [-0.25, -0.2) is 14.4 Å². The lowest BCUT2D eigenvalue weighted by Gasteiger charge is -2.17. The highest BCUT2D eigenvalue weighted by Crippen LogP contribution is 2.03. The molecule has 0 aliphatic carbocycles. The van der Waals surface area contributed by atoms with Gasteiger partial charge in [-0.15, -0.1) is 0 Å². The molecule has 0 unspecified atom stereocenters. The van der Waals surface area contributed by atoms with Gasteiger partial charge in [-0.2, -0.15) is 0 Å². The van der Waals surface area contributed by atoms with Gasteiger partial charge >= 0.3 is 36.4 Å². The van der Waals surface area contributed by atoms with Gasteiger partial charge in [0.25, 0.3) is 0 Å². The second kappa shape index (κ2) is 17.9. The van der Waals surface area contributed by atoms with Gasteiger partial charge in [0.2, 0.25) is 0 Å². The third kappa shape index (κ3) is 19.9. The maximum absolute atomic E-state index is 11.7. The molecule has 0 fully saturated rings. The zero-order valence-electron chi connectivity index (χ0n) is 17.6. The number of carbonyl (C=O) groups is 6. The summed E-state index contributed by atoms with van der Waals surface area (Å²) in [5.74, 6) is -3.24. The lowest BCUT2D eigenvalue weighted by Crippen LogP contribution is -2.31. The molecular formula is C18H26O15. The van der Waals surface area contributed by atoms with E-state index in [2.05, 4.69) is 14.2 Å². The Balaban J connectivity index is 4.49. The second-order valence-corrected chi connectivity index (χ2v) is 6.15. The van der Waals surface area contributed by atoms with Gasteiger partial charge in [-0.05, 0) is 19.3 Å². The summed E-state index contributed by atoms with van der Waals surface area (Å²) in [4.78, 5) is 65.9. The number of aliphatic carboxylic acids is 3. The number of carbonyl (C=O) groups excluding carboxylic acids is 3. The molecule has 0 saturated carbocycles. The Kier molecular flexibility index (Phi) is 15.8. The topological polar surface area (TPSA) is 218 Å². The van der Waals surface area contributed by atoms with Gasteiger partial charge < -0.3 is 43.7 Å². The molecule has 0 atom stereocenters. The normalized spacial score (nSPS) is 10.1. The summed E-state index contributed by atoms with van der Waals surface area (Å²) in [6.07, 6.45) is -5.58. The molecule has 0 saturated heterocycles. The zero-order valence-corrected chi connectivity index (χ0v) is 17.6. The Morgan fingerprint density at radius 3 is 1.18 bits per heavy atom. The van der Waals surface area contributed by atoms with Gasteiger partial charge in [0.15, 0.2) is 6.10 Å². The summed E-state index contributed by atoms with van der Waals surface area (Å²) in [5, 5.41) is 25.5. The number of carboxylic acid groups (broad SMARTS) is 3. The first-order valence-electron chi connectivity index (χ1n) is 9.68. The fraction of sp³-hybridized carbons (Fsp3) is 0.667. The molecule has 0 aliphatic rings. The van der Waals surface area contributed by atoms with E-state index in [9.17, 15) is 28.8 Å². The highest BCUT2D eigenvalue weighted by Gasteiger charge is 2.21. The van der Waals surface area contributed by atoms with Gasteiger partial charge in [-0.1, -0.05) is 0 Å². The van der Waals surface area contributed by atoms with Crippen LogP contribution in [0.5, 0.6) is 0 Å². The van der Waals surface area contributed by atoms with E-state index in [1.165, 1.54) is 0 Å². The van der Waals surface area contributed by atoms with Crippen LogP contribution in [-0.2, 0) is 42.8 Å². The zero-order chi connectivity index (χ0) is 25.1. The van der Waals surface area contributed by atoms with E-state index in [-0.39, 0.29) is 58.3 Å². The minimum atomic E-state index is -1.35. The van der Waals surface area contributed by atoms with E-state index < -0.39 is 55.7 Å². The number of carboxylic acids is 3. The van der Waals surface area contributed by atoms with Crippen molar-refractivity contribution in [3.05, 3.63) is 0 Å². The van der Waals surface area contributed by atoms with Crippen molar-refractivity contribution >= 4 is 36.4 Å².